The number of aliphatic hydroxyl groups excluding tert-OH is 1. The number of hydrogen-bond acceptors (Lipinski definition) is 4. The molecule has 2 atom stereocenters. The molecule has 0 aliphatic carbocycles. The fourth-order valence-electron chi connectivity index (χ4n) is 2.67. The van der Waals surface area contributed by atoms with Gasteiger partial charge in [0, 0.05) is 26.2 Å². The molecule has 2 unspecified atom stereocenters. The zero-order valence-corrected chi connectivity index (χ0v) is 11.8. The van der Waals surface area contributed by atoms with Gasteiger partial charge in [0.1, 0.15) is 0 Å². The fraction of sp³-hybridized carbons (Fsp3) is 0.600. The van der Waals surface area contributed by atoms with Crippen molar-refractivity contribution in [3.63, 3.8) is 0 Å². The molecule has 106 valence electrons. The van der Waals surface area contributed by atoms with Gasteiger partial charge in [0.25, 0.3) is 0 Å². The Labute approximate surface area is 115 Å². The number of benzene rings is 1. The lowest BCUT2D eigenvalue weighted by Crippen LogP contribution is -2.47. The number of aryl methyl sites for hydroxylation is 1. The van der Waals surface area contributed by atoms with Crippen LogP contribution in [0.25, 0.3) is 0 Å². The van der Waals surface area contributed by atoms with Crippen LogP contribution >= 0.6 is 0 Å². The lowest BCUT2D eigenvalue weighted by atomic mass is 10.0. The zero-order valence-electron chi connectivity index (χ0n) is 11.8. The van der Waals surface area contributed by atoms with Crippen LogP contribution in [-0.4, -0.2) is 41.9 Å². The summed E-state index contributed by atoms with van der Waals surface area (Å²) >= 11 is 0. The summed E-state index contributed by atoms with van der Waals surface area (Å²) in [6.45, 7) is 7.46. The molecule has 19 heavy (non-hydrogen) atoms. The van der Waals surface area contributed by atoms with Crippen molar-refractivity contribution in [3.05, 3.63) is 34.9 Å². The molecule has 1 saturated heterocycles. The van der Waals surface area contributed by atoms with Crippen LogP contribution in [0.2, 0.25) is 0 Å². The Balaban J connectivity index is 2.04. The van der Waals surface area contributed by atoms with Gasteiger partial charge in [-0.05, 0) is 30.5 Å². The van der Waals surface area contributed by atoms with E-state index in [2.05, 4.69) is 36.9 Å². The van der Waals surface area contributed by atoms with E-state index in [-0.39, 0.29) is 18.8 Å². The van der Waals surface area contributed by atoms with E-state index < -0.39 is 0 Å². The van der Waals surface area contributed by atoms with Crippen LogP contribution in [-0.2, 0) is 17.8 Å². The molecule has 1 aliphatic heterocycles. The normalized spacial score (nSPS) is 24.6. The molecule has 0 bridgehead atoms. The highest BCUT2D eigenvalue weighted by atomic mass is 16.5. The van der Waals surface area contributed by atoms with Crippen LogP contribution in [0.1, 0.15) is 23.6 Å². The molecular weight excluding hydrogens is 240 g/mol. The van der Waals surface area contributed by atoms with Gasteiger partial charge in [-0.25, -0.2) is 0 Å². The van der Waals surface area contributed by atoms with Crippen molar-refractivity contribution in [1.29, 1.82) is 0 Å². The maximum Gasteiger partial charge on any atom is 0.0936 e. The Hall–Kier alpha value is -0.940. The summed E-state index contributed by atoms with van der Waals surface area (Å²) in [7, 11) is 0. The van der Waals surface area contributed by atoms with Gasteiger partial charge in [0.2, 0.25) is 0 Å². The number of hydrogen-bond donors (Lipinski definition) is 2. The Morgan fingerprint density at radius 1 is 1.42 bits per heavy atom. The molecule has 1 aromatic rings. The summed E-state index contributed by atoms with van der Waals surface area (Å²) in [6.07, 6.45) is 0.113. The Bertz CT molecular complexity index is 423. The molecule has 0 amide bonds. The summed E-state index contributed by atoms with van der Waals surface area (Å²) < 4.78 is 5.66. The lowest BCUT2D eigenvalue weighted by Gasteiger charge is -2.36. The molecule has 0 spiro atoms. The highest BCUT2D eigenvalue weighted by molar-refractivity contribution is 5.31. The first-order valence-corrected chi connectivity index (χ1v) is 6.89. The zero-order chi connectivity index (χ0) is 13.8. The largest absolute Gasteiger partial charge is 0.394 e. The summed E-state index contributed by atoms with van der Waals surface area (Å²) in [5.74, 6) is 0. The van der Waals surface area contributed by atoms with Crippen molar-refractivity contribution in [1.82, 2.24) is 4.90 Å². The van der Waals surface area contributed by atoms with Crippen molar-refractivity contribution in [2.75, 3.05) is 19.7 Å². The minimum atomic E-state index is -0.0626. The number of ether oxygens (including phenoxy) is 1. The van der Waals surface area contributed by atoms with E-state index in [0.29, 0.717) is 6.54 Å². The predicted octanol–water partition coefficient (Wildman–Crippen LogP) is 1.04. The van der Waals surface area contributed by atoms with E-state index in [1.54, 1.807) is 0 Å². The first kappa shape index (κ1) is 14.5. The second kappa shape index (κ2) is 6.48. The van der Waals surface area contributed by atoms with Crippen molar-refractivity contribution < 1.29 is 9.84 Å². The van der Waals surface area contributed by atoms with Crippen LogP contribution in [0.4, 0.5) is 0 Å². The minimum Gasteiger partial charge on any atom is -0.394 e. The Morgan fingerprint density at radius 3 is 2.84 bits per heavy atom. The van der Waals surface area contributed by atoms with Gasteiger partial charge in [-0.3, -0.25) is 4.90 Å². The molecule has 2 rings (SSSR count). The maximum atomic E-state index is 9.25. The average Bonchev–Trinajstić information content (AvgIpc) is 2.40. The molecule has 1 aliphatic rings. The van der Waals surface area contributed by atoms with E-state index >= 15 is 0 Å². The van der Waals surface area contributed by atoms with Crippen LogP contribution in [0.15, 0.2) is 18.2 Å². The Kier molecular flexibility index (Phi) is 4.93. The topological polar surface area (TPSA) is 58.7 Å². The standard InChI is InChI=1S/C15H24N2O2/c1-11-5-13(6-16)3-4-14(11)8-17-7-12(2)19-15(9-17)10-18/h3-5,12,15,18H,6-10,16H2,1-2H3. The molecule has 0 saturated carbocycles. The third kappa shape index (κ3) is 3.76. The van der Waals surface area contributed by atoms with Crippen molar-refractivity contribution in [3.8, 4) is 0 Å². The van der Waals surface area contributed by atoms with Gasteiger partial charge in [0.15, 0.2) is 0 Å². The number of nitrogens with zero attached hydrogens (tertiary/aromatic N) is 1. The van der Waals surface area contributed by atoms with Gasteiger partial charge in [-0.15, -0.1) is 0 Å². The van der Waals surface area contributed by atoms with Gasteiger partial charge >= 0.3 is 0 Å². The van der Waals surface area contributed by atoms with E-state index in [0.717, 1.165) is 19.6 Å². The monoisotopic (exact) mass is 264 g/mol. The van der Waals surface area contributed by atoms with E-state index in [9.17, 15) is 5.11 Å². The second-order valence-electron chi connectivity index (χ2n) is 5.41. The molecule has 0 radical (unpaired) electrons. The Morgan fingerprint density at radius 2 is 2.21 bits per heavy atom. The van der Waals surface area contributed by atoms with Crippen LogP contribution < -0.4 is 5.73 Å². The lowest BCUT2D eigenvalue weighted by molar-refractivity contribution is -0.0972. The van der Waals surface area contributed by atoms with Gasteiger partial charge in [0.05, 0.1) is 18.8 Å². The molecule has 3 N–H and O–H groups in total. The summed E-state index contributed by atoms with van der Waals surface area (Å²) in [5, 5.41) is 9.25. The smallest absolute Gasteiger partial charge is 0.0936 e. The van der Waals surface area contributed by atoms with Crippen LogP contribution in [0.3, 0.4) is 0 Å². The number of nitrogens with two attached hydrogens (primary N) is 1. The minimum absolute atomic E-state index is 0.0626. The maximum absolute atomic E-state index is 9.25. The van der Waals surface area contributed by atoms with Crippen molar-refractivity contribution >= 4 is 0 Å². The molecule has 0 aromatic heterocycles. The first-order chi connectivity index (χ1) is 9.12. The quantitative estimate of drug-likeness (QED) is 0.853. The fourth-order valence-corrected chi connectivity index (χ4v) is 2.67. The van der Waals surface area contributed by atoms with Crippen molar-refractivity contribution in [2.45, 2.75) is 39.1 Å². The van der Waals surface area contributed by atoms with Crippen LogP contribution in [0.5, 0.6) is 0 Å². The second-order valence-corrected chi connectivity index (χ2v) is 5.41. The molecule has 1 heterocycles. The molecular formula is C15H24N2O2. The van der Waals surface area contributed by atoms with Gasteiger partial charge in [-0.2, -0.15) is 0 Å². The van der Waals surface area contributed by atoms with Crippen molar-refractivity contribution in [2.24, 2.45) is 5.73 Å². The molecule has 4 nitrogen and oxygen atoms in total. The van der Waals surface area contributed by atoms with Crippen LogP contribution in [0, 0.1) is 6.92 Å². The first-order valence-electron chi connectivity index (χ1n) is 6.89. The van der Waals surface area contributed by atoms with Gasteiger partial charge < -0.3 is 15.6 Å². The molecule has 1 aromatic carbocycles. The molecule has 4 heteroatoms. The molecule has 1 fully saturated rings. The van der Waals surface area contributed by atoms with E-state index in [1.807, 2.05) is 0 Å². The SMILES string of the molecule is Cc1cc(CN)ccc1CN1CC(C)OC(CO)C1. The third-order valence-corrected chi connectivity index (χ3v) is 3.64. The predicted molar refractivity (Wildman–Crippen MR) is 75.8 cm³/mol. The third-order valence-electron chi connectivity index (χ3n) is 3.64. The van der Waals surface area contributed by atoms with Gasteiger partial charge in [-0.1, -0.05) is 18.2 Å². The summed E-state index contributed by atoms with van der Waals surface area (Å²) in [5.41, 5.74) is 9.43. The van der Waals surface area contributed by atoms with E-state index in [4.69, 9.17) is 10.5 Å². The summed E-state index contributed by atoms with van der Waals surface area (Å²) in [6, 6.07) is 6.41. The number of morpholine rings is 1. The summed E-state index contributed by atoms with van der Waals surface area (Å²) in [4.78, 5) is 2.35. The number of rotatable bonds is 4. The van der Waals surface area contributed by atoms with E-state index in [1.165, 1.54) is 16.7 Å². The average molecular weight is 264 g/mol. The number of aliphatic hydroxyl groups is 1. The highest BCUT2D eigenvalue weighted by Gasteiger charge is 2.24. The highest BCUT2D eigenvalue weighted by Crippen LogP contribution is 2.17.